The van der Waals surface area contributed by atoms with Gasteiger partial charge in [-0.25, -0.2) is 4.39 Å². The molecule has 3 heterocycles. The summed E-state index contributed by atoms with van der Waals surface area (Å²) in [5, 5.41) is 20.3. The predicted molar refractivity (Wildman–Crippen MR) is 147 cm³/mol. The topological polar surface area (TPSA) is 109 Å². The lowest BCUT2D eigenvalue weighted by molar-refractivity contribution is -0.134. The molecule has 3 aromatic rings. The van der Waals surface area contributed by atoms with Crippen molar-refractivity contribution in [3.8, 4) is 16.3 Å². The highest BCUT2D eigenvalue weighted by Gasteiger charge is 2.36. The van der Waals surface area contributed by atoms with E-state index in [-0.39, 0.29) is 41.0 Å². The molecule has 2 amide bonds. The van der Waals surface area contributed by atoms with Crippen molar-refractivity contribution < 1.29 is 19.1 Å². The molecular weight excluding hydrogens is 521 g/mol. The minimum Gasteiger partial charge on any atom is -0.503 e. The number of hydrogen-bond donors (Lipinski definition) is 1. The number of fused-ring (bicyclic) bond motifs is 1. The second-order valence-electron chi connectivity index (χ2n) is 10.3. The van der Waals surface area contributed by atoms with E-state index >= 15 is 0 Å². The van der Waals surface area contributed by atoms with Crippen LogP contribution in [0.15, 0.2) is 35.3 Å². The molecule has 0 spiro atoms. The number of hydrogen-bond acceptors (Lipinski definition) is 7. The first-order valence-electron chi connectivity index (χ1n) is 13.2. The fourth-order valence-electron chi connectivity index (χ4n) is 4.79. The van der Waals surface area contributed by atoms with Gasteiger partial charge in [-0.1, -0.05) is 37.3 Å². The minimum absolute atomic E-state index is 0.0521. The van der Waals surface area contributed by atoms with Gasteiger partial charge in [-0.15, -0.1) is 10.2 Å². The van der Waals surface area contributed by atoms with Gasteiger partial charge in [-0.2, -0.15) is 0 Å². The number of carbonyl (C=O) groups excluding carboxylic acids is 2. The molecule has 1 aromatic carbocycles. The van der Waals surface area contributed by atoms with Crippen LogP contribution in [-0.4, -0.2) is 67.2 Å². The zero-order chi connectivity index (χ0) is 28.4. The van der Waals surface area contributed by atoms with Crippen LogP contribution in [0.25, 0.3) is 10.6 Å². The van der Waals surface area contributed by atoms with E-state index < -0.39 is 17.1 Å². The molecule has 1 aliphatic heterocycles. The molecule has 2 aromatic heterocycles. The highest BCUT2D eigenvalue weighted by Crippen LogP contribution is 2.33. The van der Waals surface area contributed by atoms with Gasteiger partial charge in [0.15, 0.2) is 16.5 Å². The van der Waals surface area contributed by atoms with Crippen molar-refractivity contribution >= 4 is 23.2 Å². The van der Waals surface area contributed by atoms with E-state index in [0.717, 1.165) is 5.56 Å². The monoisotopic (exact) mass is 555 g/mol. The lowest BCUT2D eigenvalue weighted by Crippen LogP contribution is -2.48. The van der Waals surface area contributed by atoms with Gasteiger partial charge in [-0.3, -0.25) is 14.4 Å². The third kappa shape index (κ3) is 5.88. The van der Waals surface area contributed by atoms with Gasteiger partial charge in [-0.05, 0) is 44.9 Å². The second kappa shape index (κ2) is 11.6. The van der Waals surface area contributed by atoms with Crippen molar-refractivity contribution in [3.63, 3.8) is 0 Å². The second-order valence-corrected chi connectivity index (χ2v) is 11.4. The number of rotatable bonds is 9. The molecule has 208 valence electrons. The summed E-state index contributed by atoms with van der Waals surface area (Å²) in [5.41, 5.74) is 0.261. The van der Waals surface area contributed by atoms with E-state index in [4.69, 9.17) is 0 Å². The van der Waals surface area contributed by atoms with Crippen molar-refractivity contribution in [1.29, 1.82) is 0 Å². The Morgan fingerprint density at radius 3 is 2.49 bits per heavy atom. The summed E-state index contributed by atoms with van der Waals surface area (Å²) in [5.74, 6) is -1.44. The van der Waals surface area contributed by atoms with Crippen LogP contribution < -0.4 is 5.43 Å². The number of halogens is 1. The molecule has 1 aliphatic rings. The van der Waals surface area contributed by atoms with Crippen LogP contribution in [0.5, 0.6) is 5.75 Å². The number of carbonyl (C=O) groups is 2. The number of nitrogens with zero attached hydrogens (tertiary/aromatic N) is 5. The molecule has 0 saturated carbocycles. The Morgan fingerprint density at radius 2 is 1.87 bits per heavy atom. The quantitative estimate of drug-likeness (QED) is 0.426. The van der Waals surface area contributed by atoms with E-state index in [9.17, 15) is 23.9 Å². The van der Waals surface area contributed by atoms with Crippen molar-refractivity contribution in [3.05, 3.63) is 62.8 Å². The number of pyridine rings is 1. The van der Waals surface area contributed by atoms with Crippen LogP contribution in [0, 0.1) is 11.7 Å². The van der Waals surface area contributed by atoms with Gasteiger partial charge < -0.3 is 19.5 Å². The van der Waals surface area contributed by atoms with Crippen molar-refractivity contribution in [2.24, 2.45) is 5.92 Å². The van der Waals surface area contributed by atoms with Gasteiger partial charge in [0.2, 0.25) is 11.3 Å². The van der Waals surface area contributed by atoms with E-state index in [1.165, 1.54) is 23.5 Å². The van der Waals surface area contributed by atoms with Gasteiger partial charge in [0.25, 0.3) is 5.91 Å². The summed E-state index contributed by atoms with van der Waals surface area (Å²) in [6, 6.07) is 5.66. The Bertz CT molecular complexity index is 1420. The average molecular weight is 556 g/mol. The summed E-state index contributed by atoms with van der Waals surface area (Å²) >= 11 is 1.21. The van der Waals surface area contributed by atoms with Gasteiger partial charge >= 0.3 is 0 Å². The summed E-state index contributed by atoms with van der Waals surface area (Å²) in [7, 11) is 0. The first-order valence-corrected chi connectivity index (χ1v) is 14.0. The fourth-order valence-corrected chi connectivity index (χ4v) is 5.67. The molecular formula is C28H34FN5O4S. The molecule has 0 saturated heterocycles. The van der Waals surface area contributed by atoms with Crippen LogP contribution in [0.4, 0.5) is 4.39 Å². The van der Waals surface area contributed by atoms with Crippen LogP contribution in [-0.2, 0) is 11.2 Å². The smallest absolute Gasteiger partial charge is 0.274 e. The SMILES string of the molecule is CCN(CC[C@H]1CN(C(C)C)C(=O)c2c(O)c(=O)c(-c3nnc(Cc4ccc(F)cc4)s3)cn21)C(=O)C(C)C. The van der Waals surface area contributed by atoms with E-state index in [1.54, 1.807) is 32.7 Å². The molecule has 9 nitrogen and oxygen atoms in total. The van der Waals surface area contributed by atoms with Crippen LogP contribution in [0.2, 0.25) is 0 Å². The number of amides is 2. The average Bonchev–Trinajstić information content (AvgIpc) is 3.36. The molecule has 0 fully saturated rings. The van der Waals surface area contributed by atoms with Crippen molar-refractivity contribution in [2.45, 2.75) is 59.5 Å². The summed E-state index contributed by atoms with van der Waals surface area (Å²) in [6.07, 6.45) is 2.53. The first kappa shape index (κ1) is 28.4. The van der Waals surface area contributed by atoms with Gasteiger partial charge in [0.1, 0.15) is 10.8 Å². The van der Waals surface area contributed by atoms with E-state index in [0.29, 0.717) is 42.5 Å². The highest BCUT2D eigenvalue weighted by atomic mass is 32.1. The van der Waals surface area contributed by atoms with Crippen LogP contribution in [0.1, 0.15) is 68.1 Å². The zero-order valence-corrected chi connectivity index (χ0v) is 23.7. The largest absolute Gasteiger partial charge is 0.503 e. The van der Waals surface area contributed by atoms with Gasteiger partial charge in [0, 0.05) is 44.2 Å². The number of benzene rings is 1. The molecule has 11 heteroatoms. The predicted octanol–water partition coefficient (Wildman–Crippen LogP) is 4.10. The first-order chi connectivity index (χ1) is 18.5. The maximum absolute atomic E-state index is 13.3. The molecule has 0 bridgehead atoms. The van der Waals surface area contributed by atoms with E-state index in [1.807, 2.05) is 34.6 Å². The van der Waals surface area contributed by atoms with E-state index in [2.05, 4.69) is 10.2 Å². The van der Waals surface area contributed by atoms with Crippen molar-refractivity contribution in [2.75, 3.05) is 19.6 Å². The molecule has 1 N–H and O–H groups in total. The molecule has 0 unspecified atom stereocenters. The van der Waals surface area contributed by atoms with Crippen molar-refractivity contribution in [1.82, 2.24) is 24.6 Å². The normalized spacial score (nSPS) is 15.2. The third-order valence-corrected chi connectivity index (χ3v) is 7.94. The molecule has 39 heavy (non-hydrogen) atoms. The fraction of sp³-hybridized carbons (Fsp3) is 0.464. The Labute approximate surface area is 230 Å². The lowest BCUT2D eigenvalue weighted by Gasteiger charge is -2.39. The number of aromatic hydroxyl groups is 1. The third-order valence-electron chi connectivity index (χ3n) is 6.98. The summed E-state index contributed by atoms with van der Waals surface area (Å²) in [4.78, 5) is 42.7. The Morgan fingerprint density at radius 1 is 1.18 bits per heavy atom. The Hall–Kier alpha value is -3.60. The zero-order valence-electron chi connectivity index (χ0n) is 22.8. The lowest BCUT2D eigenvalue weighted by atomic mass is 10.0. The number of aromatic nitrogens is 3. The molecule has 0 aliphatic carbocycles. The maximum Gasteiger partial charge on any atom is 0.274 e. The highest BCUT2D eigenvalue weighted by molar-refractivity contribution is 7.14. The molecule has 4 rings (SSSR count). The Balaban J connectivity index is 1.71. The molecule has 1 atom stereocenters. The van der Waals surface area contributed by atoms with Crippen LogP contribution >= 0.6 is 11.3 Å². The minimum atomic E-state index is -0.686. The standard InChI is InChI=1S/C28H34FN5O4S/c1-6-32(27(37)16(2)3)12-11-20-14-33(17(4)5)28(38)23-25(36)24(35)21(15-34(20)23)26-31-30-22(39-26)13-18-7-9-19(29)10-8-18/h7-10,15-17,20,36H,6,11-14H2,1-5H3/t20-/m0/s1. The van der Waals surface area contributed by atoms with Gasteiger partial charge in [0.05, 0.1) is 11.6 Å². The van der Waals surface area contributed by atoms with Crippen LogP contribution in [0.3, 0.4) is 0 Å². The maximum atomic E-state index is 13.3. The Kier molecular flexibility index (Phi) is 8.48. The molecule has 0 radical (unpaired) electrons. The summed E-state index contributed by atoms with van der Waals surface area (Å²) in [6.45, 7) is 10.8. The summed E-state index contributed by atoms with van der Waals surface area (Å²) < 4.78 is 14.9.